The van der Waals surface area contributed by atoms with Crippen LogP contribution < -0.4 is 10.2 Å². The summed E-state index contributed by atoms with van der Waals surface area (Å²) in [6.07, 6.45) is -3.85. The molecule has 24 heavy (non-hydrogen) atoms. The van der Waals surface area contributed by atoms with Crippen molar-refractivity contribution in [2.75, 3.05) is 30.4 Å². The van der Waals surface area contributed by atoms with Crippen molar-refractivity contribution in [1.82, 2.24) is 4.98 Å². The minimum absolute atomic E-state index is 0.0428. The van der Waals surface area contributed by atoms with E-state index in [9.17, 15) is 22.4 Å². The minimum Gasteiger partial charge on any atom is -0.479 e. The van der Waals surface area contributed by atoms with E-state index in [4.69, 9.17) is 9.84 Å². The summed E-state index contributed by atoms with van der Waals surface area (Å²) < 4.78 is 58.9. The van der Waals surface area contributed by atoms with Crippen LogP contribution in [-0.4, -0.2) is 54.1 Å². The molecule has 1 unspecified atom stereocenters. The number of halogens is 4. The lowest BCUT2D eigenvalue weighted by molar-refractivity contribution is -0.186. The first kappa shape index (κ1) is 16.5. The predicted octanol–water partition coefficient (Wildman–Crippen LogP) is 1.88. The number of carboxylic acid groups (broad SMARTS) is 1. The van der Waals surface area contributed by atoms with E-state index in [0.717, 1.165) is 12.1 Å². The fraction of sp³-hybridized carbons (Fsp3) is 0.429. The number of alkyl halides is 3. The molecule has 10 heteroatoms. The molecule has 1 aromatic rings. The number of nitrogens with one attached hydrogen (secondary N) is 1. The van der Waals surface area contributed by atoms with Crippen molar-refractivity contribution in [2.45, 2.75) is 17.8 Å². The number of fused-ring (bicyclic) bond motifs is 1. The second-order valence-electron chi connectivity index (χ2n) is 5.56. The molecule has 2 aliphatic rings. The normalized spacial score (nSPS) is 23.5. The predicted molar refractivity (Wildman–Crippen MR) is 76.3 cm³/mol. The molecule has 6 nitrogen and oxygen atoms in total. The Kier molecular flexibility index (Phi) is 3.67. The van der Waals surface area contributed by atoms with Crippen LogP contribution >= 0.6 is 0 Å². The maximum atomic E-state index is 14.1. The molecule has 130 valence electrons. The third kappa shape index (κ3) is 2.37. The van der Waals surface area contributed by atoms with Crippen LogP contribution in [0.3, 0.4) is 0 Å². The van der Waals surface area contributed by atoms with Crippen LogP contribution in [-0.2, 0) is 9.53 Å². The van der Waals surface area contributed by atoms with E-state index in [0.29, 0.717) is 19.2 Å². The zero-order chi connectivity index (χ0) is 17.7. The van der Waals surface area contributed by atoms with Crippen molar-refractivity contribution in [3.05, 3.63) is 23.5 Å². The van der Waals surface area contributed by atoms with Crippen molar-refractivity contribution in [1.29, 1.82) is 0 Å². The zero-order valence-electron chi connectivity index (χ0n) is 12.4. The first-order valence-corrected chi connectivity index (χ1v) is 6.94. The van der Waals surface area contributed by atoms with E-state index in [-0.39, 0.29) is 23.3 Å². The number of hydrogen-bond acceptors (Lipinski definition) is 5. The highest BCUT2D eigenvalue weighted by molar-refractivity contribution is 5.91. The van der Waals surface area contributed by atoms with Gasteiger partial charge in [0.25, 0.3) is 5.54 Å². The molecule has 0 aromatic carbocycles. The van der Waals surface area contributed by atoms with Crippen molar-refractivity contribution < 1.29 is 32.2 Å². The maximum Gasteiger partial charge on any atom is 0.426 e. The molecule has 3 heterocycles. The van der Waals surface area contributed by atoms with Gasteiger partial charge in [0.2, 0.25) is 0 Å². The molecule has 0 radical (unpaired) electrons. The number of rotatable bonds is 3. The summed E-state index contributed by atoms with van der Waals surface area (Å²) in [6, 6.07) is 1.02. The second kappa shape index (κ2) is 5.33. The average molecular weight is 347 g/mol. The van der Waals surface area contributed by atoms with Gasteiger partial charge in [-0.1, -0.05) is 6.08 Å². The number of carbonyl (C=O) groups is 1. The van der Waals surface area contributed by atoms with Gasteiger partial charge in [-0.05, 0) is 12.1 Å². The van der Waals surface area contributed by atoms with Crippen LogP contribution in [0.25, 0.3) is 6.08 Å². The average Bonchev–Trinajstić information content (AvgIpc) is 2.44. The summed E-state index contributed by atoms with van der Waals surface area (Å²) in [6.45, 7) is 0.691. The topological polar surface area (TPSA) is 74.7 Å². The van der Waals surface area contributed by atoms with Crippen LogP contribution in [0.4, 0.5) is 29.2 Å². The minimum atomic E-state index is -5.10. The summed E-state index contributed by atoms with van der Waals surface area (Å²) in [4.78, 5) is 16.6. The number of methoxy groups -OCH3 is 1. The van der Waals surface area contributed by atoms with Crippen molar-refractivity contribution in [3.8, 4) is 0 Å². The highest BCUT2D eigenvalue weighted by atomic mass is 19.4. The molecule has 3 rings (SSSR count). The molecule has 0 aliphatic carbocycles. The van der Waals surface area contributed by atoms with Gasteiger partial charge < -0.3 is 20.1 Å². The van der Waals surface area contributed by atoms with Gasteiger partial charge in [0.15, 0.2) is 11.6 Å². The lowest BCUT2D eigenvalue weighted by atomic mass is 9.93. The van der Waals surface area contributed by atoms with E-state index in [1.54, 1.807) is 0 Å². The van der Waals surface area contributed by atoms with Crippen LogP contribution in [0.15, 0.2) is 12.1 Å². The molecule has 0 amide bonds. The number of pyridine rings is 1. The van der Waals surface area contributed by atoms with Gasteiger partial charge in [-0.3, -0.25) is 0 Å². The number of ether oxygens (including phenoxy) is 1. The van der Waals surface area contributed by atoms with Crippen LogP contribution in [0.1, 0.15) is 5.56 Å². The third-order valence-electron chi connectivity index (χ3n) is 4.08. The molecule has 0 bridgehead atoms. The Labute approximate surface area is 133 Å². The zero-order valence-corrected chi connectivity index (χ0v) is 12.4. The Morgan fingerprint density at radius 1 is 1.50 bits per heavy atom. The Morgan fingerprint density at radius 3 is 2.71 bits per heavy atom. The molecule has 2 N–H and O–H groups in total. The Hall–Kier alpha value is -2.36. The van der Waals surface area contributed by atoms with E-state index in [1.807, 2.05) is 5.32 Å². The van der Waals surface area contributed by atoms with E-state index in [2.05, 4.69) is 4.98 Å². The lowest BCUT2D eigenvalue weighted by Crippen LogP contribution is -2.57. The largest absolute Gasteiger partial charge is 0.479 e. The molecule has 1 aromatic heterocycles. The van der Waals surface area contributed by atoms with Gasteiger partial charge in [0.05, 0.1) is 6.10 Å². The number of nitrogens with zero attached hydrogens (tertiary/aromatic N) is 2. The van der Waals surface area contributed by atoms with E-state index >= 15 is 0 Å². The Balaban J connectivity index is 1.98. The Morgan fingerprint density at radius 2 is 2.17 bits per heavy atom. The molecular weight excluding hydrogens is 334 g/mol. The molecule has 2 aliphatic heterocycles. The molecule has 0 spiro atoms. The number of aliphatic carboxylic acids is 1. The van der Waals surface area contributed by atoms with Crippen molar-refractivity contribution >= 4 is 23.7 Å². The standard InChI is InChI=1S/C14H13F4N3O3/c1-24-8-5-21(6-8)11-9(15)4-7-2-3-13(12(22)23,14(16,17)18)20-10(7)19-11/h2-4,8H,5-6H2,1H3,(H,19,20)(H,22,23). The highest BCUT2D eigenvalue weighted by Gasteiger charge is 2.61. The molecule has 0 saturated carbocycles. The third-order valence-corrected chi connectivity index (χ3v) is 4.08. The Bertz CT molecular complexity index is 716. The number of anilines is 2. The SMILES string of the molecule is COC1CN(c2nc3c(cc2F)C=CC(C(=O)O)(C(F)(F)F)N3)C1. The molecule has 1 fully saturated rings. The monoisotopic (exact) mass is 347 g/mol. The van der Waals surface area contributed by atoms with Gasteiger partial charge >= 0.3 is 12.1 Å². The summed E-state index contributed by atoms with van der Waals surface area (Å²) in [5.41, 5.74) is -3.26. The first-order valence-electron chi connectivity index (χ1n) is 6.94. The summed E-state index contributed by atoms with van der Waals surface area (Å²) in [5, 5.41) is 10.9. The van der Waals surface area contributed by atoms with Crippen LogP contribution in [0.2, 0.25) is 0 Å². The fourth-order valence-electron chi connectivity index (χ4n) is 2.56. The van der Waals surface area contributed by atoms with Crippen molar-refractivity contribution in [2.24, 2.45) is 0 Å². The number of carboxylic acids is 1. The quantitative estimate of drug-likeness (QED) is 0.814. The van der Waals surface area contributed by atoms with Crippen LogP contribution in [0, 0.1) is 5.82 Å². The van der Waals surface area contributed by atoms with Crippen molar-refractivity contribution in [3.63, 3.8) is 0 Å². The van der Waals surface area contributed by atoms with Gasteiger partial charge in [0.1, 0.15) is 5.82 Å². The molecule has 1 saturated heterocycles. The fourth-order valence-corrected chi connectivity index (χ4v) is 2.56. The lowest BCUT2D eigenvalue weighted by Gasteiger charge is -2.40. The summed E-state index contributed by atoms with van der Waals surface area (Å²) in [5.74, 6) is -3.31. The maximum absolute atomic E-state index is 14.1. The smallest absolute Gasteiger partial charge is 0.426 e. The summed E-state index contributed by atoms with van der Waals surface area (Å²) in [7, 11) is 1.50. The first-order chi connectivity index (χ1) is 11.2. The van der Waals surface area contributed by atoms with E-state index in [1.165, 1.54) is 12.0 Å². The molecular formula is C14H13F4N3O3. The highest BCUT2D eigenvalue weighted by Crippen LogP contribution is 2.40. The number of aromatic nitrogens is 1. The van der Waals surface area contributed by atoms with Gasteiger partial charge in [0, 0.05) is 25.8 Å². The van der Waals surface area contributed by atoms with Gasteiger partial charge in [-0.25, -0.2) is 14.2 Å². The number of hydrogen-bond donors (Lipinski definition) is 2. The summed E-state index contributed by atoms with van der Waals surface area (Å²) >= 11 is 0. The van der Waals surface area contributed by atoms with E-state index < -0.39 is 23.5 Å². The van der Waals surface area contributed by atoms with Crippen LogP contribution in [0.5, 0.6) is 0 Å². The van der Waals surface area contributed by atoms with Gasteiger partial charge in [-0.15, -0.1) is 0 Å². The van der Waals surface area contributed by atoms with Gasteiger partial charge in [-0.2, -0.15) is 13.2 Å². The molecule has 1 atom stereocenters. The second-order valence-corrected chi connectivity index (χ2v) is 5.56.